The molecule has 15 heavy (non-hydrogen) atoms. The molecule has 1 aliphatic carbocycles. The number of carbonyl (C=O) groups is 2. The second-order valence-electron chi connectivity index (χ2n) is 3.67. The van der Waals surface area contributed by atoms with Crippen LogP contribution in [0, 0.1) is 0 Å². The lowest BCUT2D eigenvalue weighted by atomic mass is 10.1. The zero-order chi connectivity index (χ0) is 11.3. The number of Topliss-reactive ketones (excluding diaryl/α,β-unsaturated/α-hetero) is 1. The molecular weight excluding hydrogens is 196 g/mol. The molecule has 0 radical (unpaired) electrons. The summed E-state index contributed by atoms with van der Waals surface area (Å²) in [4.78, 5) is 22.0. The summed E-state index contributed by atoms with van der Waals surface area (Å²) in [7, 11) is 1.36. The molecular formula is C11H16O4. The first-order valence-corrected chi connectivity index (χ1v) is 5.12. The zero-order valence-corrected chi connectivity index (χ0v) is 8.86. The molecule has 84 valence electrons. The van der Waals surface area contributed by atoms with Gasteiger partial charge in [-0.1, -0.05) is 0 Å². The van der Waals surface area contributed by atoms with E-state index in [-0.39, 0.29) is 18.2 Å². The minimum atomic E-state index is -0.604. The van der Waals surface area contributed by atoms with Gasteiger partial charge in [-0.3, -0.25) is 9.59 Å². The Labute approximate surface area is 88.9 Å². The Hall–Kier alpha value is -1.16. The topological polar surface area (TPSA) is 63.6 Å². The number of hydrogen-bond donors (Lipinski definition) is 1. The number of carbonyl (C=O) groups excluding carboxylic acids is 2. The SMILES string of the molecule is COC(=O)CCCCC1=C[C@H](O)CC1=O. The van der Waals surface area contributed by atoms with Gasteiger partial charge < -0.3 is 9.84 Å². The van der Waals surface area contributed by atoms with Crippen LogP contribution in [-0.4, -0.2) is 30.1 Å². The van der Waals surface area contributed by atoms with E-state index in [0.29, 0.717) is 24.8 Å². The second-order valence-corrected chi connectivity index (χ2v) is 3.67. The summed E-state index contributed by atoms with van der Waals surface area (Å²) in [6.07, 6.45) is 3.75. The molecule has 1 aliphatic rings. The Morgan fingerprint density at radius 2 is 2.33 bits per heavy atom. The highest BCUT2D eigenvalue weighted by Crippen LogP contribution is 2.20. The Morgan fingerprint density at radius 3 is 2.87 bits per heavy atom. The smallest absolute Gasteiger partial charge is 0.305 e. The summed E-state index contributed by atoms with van der Waals surface area (Å²) < 4.78 is 4.50. The first kappa shape index (κ1) is 11.9. The fourth-order valence-corrected chi connectivity index (χ4v) is 1.61. The summed E-state index contributed by atoms with van der Waals surface area (Å²) in [6, 6.07) is 0. The van der Waals surface area contributed by atoms with Crippen molar-refractivity contribution in [2.24, 2.45) is 0 Å². The van der Waals surface area contributed by atoms with Crippen LogP contribution in [0.25, 0.3) is 0 Å². The number of aliphatic hydroxyl groups is 1. The highest BCUT2D eigenvalue weighted by atomic mass is 16.5. The minimum Gasteiger partial charge on any atom is -0.469 e. The molecule has 1 rings (SSSR count). The average Bonchev–Trinajstić information content (AvgIpc) is 2.52. The van der Waals surface area contributed by atoms with Crippen LogP contribution in [0.15, 0.2) is 11.6 Å². The van der Waals surface area contributed by atoms with Crippen molar-refractivity contribution in [1.82, 2.24) is 0 Å². The highest BCUT2D eigenvalue weighted by Gasteiger charge is 2.21. The average molecular weight is 212 g/mol. The van der Waals surface area contributed by atoms with Crippen LogP contribution in [0.1, 0.15) is 32.1 Å². The van der Waals surface area contributed by atoms with Gasteiger partial charge in [0.25, 0.3) is 0 Å². The number of unbranched alkanes of at least 4 members (excludes halogenated alkanes) is 1. The van der Waals surface area contributed by atoms with Crippen LogP contribution in [0.3, 0.4) is 0 Å². The number of allylic oxidation sites excluding steroid dienone is 1. The van der Waals surface area contributed by atoms with Gasteiger partial charge in [0.05, 0.1) is 13.2 Å². The van der Waals surface area contributed by atoms with E-state index in [4.69, 9.17) is 0 Å². The van der Waals surface area contributed by atoms with Crippen LogP contribution >= 0.6 is 0 Å². The Bertz CT molecular complexity index is 280. The molecule has 0 aliphatic heterocycles. The van der Waals surface area contributed by atoms with Crippen LogP contribution in [0.5, 0.6) is 0 Å². The maximum Gasteiger partial charge on any atom is 0.305 e. The van der Waals surface area contributed by atoms with Crippen LogP contribution in [0.4, 0.5) is 0 Å². The quantitative estimate of drug-likeness (QED) is 0.545. The van der Waals surface area contributed by atoms with E-state index < -0.39 is 6.10 Å². The van der Waals surface area contributed by atoms with E-state index in [9.17, 15) is 14.7 Å². The molecule has 4 heteroatoms. The monoisotopic (exact) mass is 212 g/mol. The molecule has 0 amide bonds. The lowest BCUT2D eigenvalue weighted by molar-refractivity contribution is -0.140. The second kappa shape index (κ2) is 5.66. The molecule has 0 bridgehead atoms. The first-order chi connectivity index (χ1) is 7.13. The van der Waals surface area contributed by atoms with Crippen LogP contribution < -0.4 is 0 Å². The molecule has 0 fully saturated rings. The van der Waals surface area contributed by atoms with E-state index in [0.717, 1.165) is 6.42 Å². The summed E-state index contributed by atoms with van der Waals surface area (Å²) >= 11 is 0. The van der Waals surface area contributed by atoms with Crippen molar-refractivity contribution in [3.63, 3.8) is 0 Å². The van der Waals surface area contributed by atoms with Gasteiger partial charge in [-0.15, -0.1) is 0 Å². The van der Waals surface area contributed by atoms with Gasteiger partial charge in [-0.25, -0.2) is 0 Å². The summed E-state index contributed by atoms with van der Waals surface area (Å²) in [5.41, 5.74) is 0.701. The maximum atomic E-state index is 11.2. The van der Waals surface area contributed by atoms with Gasteiger partial charge in [0, 0.05) is 12.8 Å². The van der Waals surface area contributed by atoms with Gasteiger partial charge >= 0.3 is 5.97 Å². The standard InChI is InChI=1S/C11H16O4/c1-15-11(14)5-3-2-4-8-6-9(12)7-10(8)13/h6,9,12H,2-5,7H2,1H3/t9-/m0/s1. The van der Waals surface area contributed by atoms with Crippen molar-refractivity contribution in [2.75, 3.05) is 7.11 Å². The van der Waals surface area contributed by atoms with E-state index >= 15 is 0 Å². The molecule has 1 N–H and O–H groups in total. The van der Waals surface area contributed by atoms with Crippen molar-refractivity contribution >= 4 is 11.8 Å². The Kier molecular flexibility index (Phi) is 4.49. The largest absolute Gasteiger partial charge is 0.469 e. The van der Waals surface area contributed by atoms with Crippen molar-refractivity contribution < 1.29 is 19.4 Å². The predicted molar refractivity (Wildman–Crippen MR) is 54.2 cm³/mol. The van der Waals surface area contributed by atoms with Crippen molar-refractivity contribution in [3.8, 4) is 0 Å². The maximum absolute atomic E-state index is 11.2. The third-order valence-electron chi connectivity index (χ3n) is 2.45. The Morgan fingerprint density at radius 1 is 1.60 bits per heavy atom. The number of hydrogen-bond acceptors (Lipinski definition) is 4. The molecule has 0 aromatic rings. The number of methoxy groups -OCH3 is 1. The van der Waals surface area contributed by atoms with Crippen molar-refractivity contribution in [1.29, 1.82) is 0 Å². The number of ketones is 1. The van der Waals surface area contributed by atoms with Gasteiger partial charge in [-0.2, -0.15) is 0 Å². The first-order valence-electron chi connectivity index (χ1n) is 5.12. The molecule has 0 unspecified atom stereocenters. The molecule has 1 atom stereocenters. The van der Waals surface area contributed by atoms with E-state index in [1.165, 1.54) is 7.11 Å². The molecule has 0 saturated heterocycles. The fourth-order valence-electron chi connectivity index (χ4n) is 1.61. The minimum absolute atomic E-state index is 0.0283. The van der Waals surface area contributed by atoms with E-state index in [1.54, 1.807) is 6.08 Å². The summed E-state index contributed by atoms with van der Waals surface area (Å²) in [5.74, 6) is -0.192. The molecule has 0 aromatic carbocycles. The van der Waals surface area contributed by atoms with Gasteiger partial charge in [-0.05, 0) is 30.9 Å². The van der Waals surface area contributed by atoms with Crippen molar-refractivity contribution in [2.45, 2.75) is 38.2 Å². The van der Waals surface area contributed by atoms with Gasteiger partial charge in [0.2, 0.25) is 0 Å². The highest BCUT2D eigenvalue weighted by molar-refractivity contribution is 5.98. The molecule has 4 nitrogen and oxygen atoms in total. The molecule has 0 saturated carbocycles. The van der Waals surface area contributed by atoms with Gasteiger partial charge in [0.1, 0.15) is 0 Å². The lowest BCUT2D eigenvalue weighted by Gasteiger charge is -2.00. The lowest BCUT2D eigenvalue weighted by Crippen LogP contribution is -2.02. The van der Waals surface area contributed by atoms with E-state index in [1.807, 2.05) is 0 Å². The molecule has 0 aromatic heterocycles. The Balaban J connectivity index is 2.18. The van der Waals surface area contributed by atoms with Gasteiger partial charge in [0.15, 0.2) is 5.78 Å². The summed E-state index contributed by atoms with van der Waals surface area (Å²) in [6.45, 7) is 0. The number of aliphatic hydroxyl groups excluding tert-OH is 1. The number of ether oxygens (including phenoxy) is 1. The van der Waals surface area contributed by atoms with Crippen molar-refractivity contribution in [3.05, 3.63) is 11.6 Å². The normalized spacial score (nSPS) is 20.3. The number of esters is 1. The predicted octanol–water partition coefficient (Wildman–Crippen LogP) is 0.980. The third-order valence-corrected chi connectivity index (χ3v) is 2.45. The molecule has 0 spiro atoms. The number of rotatable bonds is 5. The summed E-state index contributed by atoms with van der Waals surface area (Å²) in [5, 5.41) is 9.18. The molecule has 0 heterocycles. The van der Waals surface area contributed by atoms with Crippen LogP contribution in [0.2, 0.25) is 0 Å². The zero-order valence-electron chi connectivity index (χ0n) is 8.86. The fraction of sp³-hybridized carbons (Fsp3) is 0.636. The third kappa shape index (κ3) is 3.83. The van der Waals surface area contributed by atoms with E-state index in [2.05, 4.69) is 4.74 Å². The van der Waals surface area contributed by atoms with Crippen LogP contribution in [-0.2, 0) is 14.3 Å².